The highest BCUT2D eigenvalue weighted by Crippen LogP contribution is 2.17. The second-order valence-corrected chi connectivity index (χ2v) is 5.22. The van der Waals surface area contributed by atoms with E-state index < -0.39 is 12.3 Å². The molecule has 0 aromatic heterocycles. The molecular weight excluding hydrogens is 260 g/mol. The van der Waals surface area contributed by atoms with Crippen molar-refractivity contribution >= 4 is 12.1 Å². The number of aliphatic hydroxyl groups excluding tert-OH is 1. The molecule has 1 aliphatic heterocycles. The maximum absolute atomic E-state index is 11.7. The third-order valence-corrected chi connectivity index (χ3v) is 3.65. The van der Waals surface area contributed by atoms with Crippen molar-refractivity contribution in [1.29, 1.82) is 0 Å². The van der Waals surface area contributed by atoms with Gasteiger partial charge in [0.05, 0.1) is 0 Å². The van der Waals surface area contributed by atoms with Crippen molar-refractivity contribution in [1.82, 2.24) is 21.3 Å². The van der Waals surface area contributed by atoms with E-state index in [0.717, 1.165) is 12.8 Å². The van der Waals surface area contributed by atoms with Gasteiger partial charge in [0.25, 0.3) is 0 Å². The van der Waals surface area contributed by atoms with E-state index in [1.807, 2.05) is 0 Å². The molecule has 1 atom stereocenters. The van der Waals surface area contributed by atoms with Crippen LogP contribution in [-0.2, 0) is 0 Å². The molecule has 2 aliphatic rings. The molecule has 112 valence electrons. The van der Waals surface area contributed by atoms with Crippen LogP contribution in [0.15, 0.2) is 11.8 Å². The molecule has 1 aliphatic carbocycles. The van der Waals surface area contributed by atoms with Crippen molar-refractivity contribution in [2.24, 2.45) is 0 Å². The van der Waals surface area contributed by atoms with Gasteiger partial charge in [0.1, 0.15) is 0 Å². The van der Waals surface area contributed by atoms with Gasteiger partial charge in [-0.2, -0.15) is 0 Å². The summed E-state index contributed by atoms with van der Waals surface area (Å²) in [6.07, 6.45) is 6.68. The number of amides is 4. The van der Waals surface area contributed by atoms with Gasteiger partial charge in [-0.3, -0.25) is 0 Å². The molecule has 7 heteroatoms. The number of hydrogen-bond donors (Lipinski definition) is 5. The van der Waals surface area contributed by atoms with E-state index >= 15 is 0 Å². The predicted molar refractivity (Wildman–Crippen MR) is 73.8 cm³/mol. The molecule has 4 amide bonds. The van der Waals surface area contributed by atoms with Gasteiger partial charge >= 0.3 is 12.1 Å². The molecule has 0 spiro atoms. The Morgan fingerprint density at radius 2 is 2.10 bits per heavy atom. The minimum atomic E-state index is -0.980. The fraction of sp³-hybridized carbons (Fsp3) is 0.692. The van der Waals surface area contributed by atoms with E-state index in [-0.39, 0.29) is 12.1 Å². The largest absolute Gasteiger partial charge is 0.370 e. The predicted octanol–water partition coefficient (Wildman–Crippen LogP) is 0.523. The van der Waals surface area contributed by atoms with Crippen molar-refractivity contribution < 1.29 is 14.7 Å². The molecule has 0 unspecified atom stereocenters. The first-order valence-electron chi connectivity index (χ1n) is 7.13. The molecule has 0 aromatic carbocycles. The van der Waals surface area contributed by atoms with Crippen molar-refractivity contribution in [2.75, 3.05) is 6.54 Å². The molecule has 5 N–H and O–H groups in total. The van der Waals surface area contributed by atoms with Crippen molar-refractivity contribution in [3.05, 3.63) is 11.8 Å². The molecule has 20 heavy (non-hydrogen) atoms. The zero-order valence-corrected chi connectivity index (χ0v) is 11.4. The van der Waals surface area contributed by atoms with Crippen molar-refractivity contribution in [3.8, 4) is 0 Å². The molecule has 1 heterocycles. The van der Waals surface area contributed by atoms with E-state index in [2.05, 4.69) is 21.3 Å². The third kappa shape index (κ3) is 4.41. The molecule has 0 bridgehead atoms. The van der Waals surface area contributed by atoms with Crippen LogP contribution >= 0.6 is 0 Å². The van der Waals surface area contributed by atoms with Gasteiger partial charge in [0.2, 0.25) is 0 Å². The molecule has 0 aromatic rings. The quantitative estimate of drug-likeness (QED) is 0.519. The molecule has 7 nitrogen and oxygen atoms in total. The second-order valence-electron chi connectivity index (χ2n) is 5.22. The Morgan fingerprint density at radius 3 is 2.80 bits per heavy atom. The first-order chi connectivity index (χ1) is 9.65. The van der Waals surface area contributed by atoms with E-state index in [1.165, 1.54) is 25.5 Å². The summed E-state index contributed by atoms with van der Waals surface area (Å²) in [4.78, 5) is 22.6. The Hall–Kier alpha value is -1.76. The summed E-state index contributed by atoms with van der Waals surface area (Å²) in [6.45, 7) is 0.416. The van der Waals surface area contributed by atoms with Crippen LogP contribution < -0.4 is 21.3 Å². The van der Waals surface area contributed by atoms with Crippen LogP contribution in [-0.4, -0.2) is 36.0 Å². The molecule has 0 saturated heterocycles. The van der Waals surface area contributed by atoms with E-state index in [4.69, 9.17) is 0 Å². The lowest BCUT2D eigenvalue weighted by Gasteiger charge is -2.23. The van der Waals surface area contributed by atoms with Crippen molar-refractivity contribution in [2.45, 2.75) is 50.8 Å². The zero-order valence-electron chi connectivity index (χ0n) is 11.4. The summed E-state index contributed by atoms with van der Waals surface area (Å²) >= 11 is 0. The van der Waals surface area contributed by atoms with Crippen molar-refractivity contribution in [3.63, 3.8) is 0 Å². The highest BCUT2D eigenvalue weighted by molar-refractivity contribution is 5.77. The number of urea groups is 2. The summed E-state index contributed by atoms with van der Waals surface area (Å²) in [5.41, 5.74) is 0.641. The average Bonchev–Trinajstić information content (AvgIpc) is 2.42. The molecular formula is C13H22N4O3. The van der Waals surface area contributed by atoms with Gasteiger partial charge in [-0.05, 0) is 24.8 Å². The topological polar surface area (TPSA) is 102 Å². The Bertz CT molecular complexity index is 391. The Morgan fingerprint density at radius 1 is 1.35 bits per heavy atom. The van der Waals surface area contributed by atoms with Crippen LogP contribution in [0.2, 0.25) is 0 Å². The summed E-state index contributed by atoms with van der Waals surface area (Å²) in [5, 5.41) is 20.1. The lowest BCUT2D eigenvalue weighted by atomic mass is 9.96. The Balaban J connectivity index is 1.65. The smallest absolute Gasteiger partial charge is 0.321 e. The van der Waals surface area contributed by atoms with Gasteiger partial charge in [0.15, 0.2) is 6.23 Å². The summed E-state index contributed by atoms with van der Waals surface area (Å²) in [7, 11) is 0. The minimum absolute atomic E-state index is 0.167. The Kier molecular flexibility index (Phi) is 5.23. The first-order valence-corrected chi connectivity index (χ1v) is 7.13. The number of rotatable bonds is 4. The standard InChI is InChI=1S/C13H22N4O3/c18-11-9(8-15-13(20)17-11)6-7-14-12(19)16-10-4-2-1-3-5-10/h8,10-11,18H,1-7H2,(H2,14,16,19)(H2,15,17,20)/t11-/m0/s1. The lowest BCUT2D eigenvalue weighted by Crippen LogP contribution is -2.47. The number of carbonyl (C=O) groups is 2. The van der Waals surface area contributed by atoms with E-state index in [9.17, 15) is 14.7 Å². The van der Waals surface area contributed by atoms with Crippen LogP contribution in [0.3, 0.4) is 0 Å². The van der Waals surface area contributed by atoms with Crippen LogP contribution in [0.4, 0.5) is 9.59 Å². The number of aliphatic hydroxyl groups is 1. The highest BCUT2D eigenvalue weighted by atomic mass is 16.3. The lowest BCUT2D eigenvalue weighted by molar-refractivity contribution is 0.161. The molecule has 1 fully saturated rings. The molecule has 0 radical (unpaired) electrons. The van der Waals surface area contributed by atoms with Crippen LogP contribution in [0.25, 0.3) is 0 Å². The average molecular weight is 282 g/mol. The van der Waals surface area contributed by atoms with Gasteiger partial charge < -0.3 is 26.4 Å². The van der Waals surface area contributed by atoms with Gasteiger partial charge in [-0.1, -0.05) is 19.3 Å². The summed E-state index contributed by atoms with van der Waals surface area (Å²) in [5.74, 6) is 0. The van der Waals surface area contributed by atoms with Crippen LogP contribution in [0.1, 0.15) is 38.5 Å². The Labute approximate surface area is 118 Å². The number of carbonyl (C=O) groups excluding carboxylic acids is 2. The summed E-state index contributed by atoms with van der Waals surface area (Å²) in [6, 6.07) is -0.312. The number of hydrogen-bond acceptors (Lipinski definition) is 3. The third-order valence-electron chi connectivity index (χ3n) is 3.65. The minimum Gasteiger partial charge on any atom is -0.370 e. The normalized spacial score (nSPS) is 23.4. The first kappa shape index (κ1) is 14.6. The molecule has 2 rings (SSSR count). The van der Waals surface area contributed by atoms with Gasteiger partial charge in [-0.15, -0.1) is 0 Å². The maximum atomic E-state index is 11.7. The zero-order chi connectivity index (χ0) is 14.4. The van der Waals surface area contributed by atoms with Gasteiger partial charge in [-0.25, -0.2) is 9.59 Å². The van der Waals surface area contributed by atoms with Crippen LogP contribution in [0.5, 0.6) is 0 Å². The van der Waals surface area contributed by atoms with E-state index in [1.54, 1.807) is 0 Å². The summed E-state index contributed by atoms with van der Waals surface area (Å²) < 4.78 is 0. The van der Waals surface area contributed by atoms with Crippen LogP contribution in [0, 0.1) is 0 Å². The van der Waals surface area contributed by atoms with E-state index in [0.29, 0.717) is 18.5 Å². The maximum Gasteiger partial charge on any atom is 0.321 e. The fourth-order valence-electron chi connectivity index (χ4n) is 2.51. The molecule has 1 saturated carbocycles. The monoisotopic (exact) mass is 282 g/mol. The highest BCUT2D eigenvalue weighted by Gasteiger charge is 2.19. The number of nitrogens with one attached hydrogen (secondary N) is 4. The SMILES string of the molecule is O=C(NCCC1=CNC(=O)N[C@H]1O)NC1CCCCC1. The second kappa shape index (κ2) is 7.14. The van der Waals surface area contributed by atoms with Gasteiger partial charge in [0, 0.05) is 18.8 Å². The fourth-order valence-corrected chi connectivity index (χ4v) is 2.51.